The minimum atomic E-state index is -0.173. The average molecular weight is 522 g/mol. The number of amides is 2. The molecule has 1 atom stereocenters. The van der Waals surface area contributed by atoms with Gasteiger partial charge in [-0.1, -0.05) is 24.2 Å². The summed E-state index contributed by atoms with van der Waals surface area (Å²) in [6, 6.07) is 7.18. The van der Waals surface area contributed by atoms with Crippen molar-refractivity contribution in [1.29, 1.82) is 0 Å². The topological polar surface area (TPSA) is 109 Å². The molecule has 0 bridgehead atoms. The highest BCUT2D eigenvalue weighted by Crippen LogP contribution is 2.43. The lowest BCUT2D eigenvalue weighted by atomic mass is 10.0. The summed E-state index contributed by atoms with van der Waals surface area (Å²) in [5, 5.41) is 6.75. The van der Waals surface area contributed by atoms with Crippen LogP contribution in [0, 0.1) is 0 Å². The van der Waals surface area contributed by atoms with Crippen LogP contribution in [-0.4, -0.2) is 59.5 Å². The fourth-order valence-corrected chi connectivity index (χ4v) is 5.21. The van der Waals surface area contributed by atoms with Crippen molar-refractivity contribution in [3.8, 4) is 22.8 Å². The molecule has 2 aromatic heterocycles. The molecule has 192 valence electrons. The number of para-hydroxylation sites is 1. The number of carbonyl (C=O) groups excluding carboxylic acids is 2. The number of benzene rings is 1. The van der Waals surface area contributed by atoms with Gasteiger partial charge in [0.2, 0.25) is 5.91 Å². The number of halogens is 1. The summed E-state index contributed by atoms with van der Waals surface area (Å²) >= 11 is 6.36. The van der Waals surface area contributed by atoms with Gasteiger partial charge in [0.15, 0.2) is 5.75 Å². The van der Waals surface area contributed by atoms with Crippen molar-refractivity contribution in [3.05, 3.63) is 65.6 Å². The number of hydrogen-bond donors (Lipinski definition) is 3. The Morgan fingerprint density at radius 1 is 1.38 bits per heavy atom. The number of hydrogen-bond acceptors (Lipinski definition) is 6. The Balaban J connectivity index is 1.53. The van der Waals surface area contributed by atoms with Gasteiger partial charge in [0.25, 0.3) is 5.91 Å². The van der Waals surface area contributed by atoms with Crippen molar-refractivity contribution in [1.82, 2.24) is 20.2 Å². The third kappa shape index (κ3) is 4.74. The number of pyridine rings is 1. The number of fused-ring (bicyclic) bond motifs is 1. The quantitative estimate of drug-likeness (QED) is 0.381. The van der Waals surface area contributed by atoms with E-state index in [2.05, 4.69) is 27.2 Å². The second-order valence-electron chi connectivity index (χ2n) is 8.89. The molecule has 0 radical (unpaired) electrons. The van der Waals surface area contributed by atoms with Crippen molar-refractivity contribution in [2.24, 2.45) is 0 Å². The van der Waals surface area contributed by atoms with Gasteiger partial charge in [-0.05, 0) is 37.1 Å². The first-order chi connectivity index (χ1) is 18.0. The lowest BCUT2D eigenvalue weighted by Gasteiger charge is -2.24. The van der Waals surface area contributed by atoms with Gasteiger partial charge < -0.3 is 30.0 Å². The molecule has 0 saturated carbocycles. The Kier molecular flexibility index (Phi) is 7.05. The smallest absolute Gasteiger partial charge is 0.255 e. The van der Waals surface area contributed by atoms with Crippen LogP contribution < -0.4 is 20.1 Å². The monoisotopic (exact) mass is 521 g/mol. The van der Waals surface area contributed by atoms with Crippen molar-refractivity contribution in [2.45, 2.75) is 25.3 Å². The van der Waals surface area contributed by atoms with Crippen LogP contribution >= 0.6 is 11.6 Å². The minimum absolute atomic E-state index is 0.0468. The molecule has 37 heavy (non-hydrogen) atoms. The number of nitrogens with zero attached hydrogens (tertiary/aromatic N) is 2. The van der Waals surface area contributed by atoms with E-state index >= 15 is 0 Å². The molecule has 1 aromatic carbocycles. The van der Waals surface area contributed by atoms with Crippen LogP contribution in [0.25, 0.3) is 11.3 Å². The summed E-state index contributed by atoms with van der Waals surface area (Å²) in [6.07, 6.45) is 7.09. The highest BCUT2D eigenvalue weighted by Gasteiger charge is 2.30. The van der Waals surface area contributed by atoms with Gasteiger partial charge in [0.05, 0.1) is 47.0 Å². The van der Waals surface area contributed by atoms with E-state index in [1.807, 2.05) is 18.2 Å². The molecule has 2 amide bonds. The van der Waals surface area contributed by atoms with Gasteiger partial charge in [-0.3, -0.25) is 14.6 Å². The van der Waals surface area contributed by atoms with Gasteiger partial charge >= 0.3 is 0 Å². The van der Waals surface area contributed by atoms with Crippen LogP contribution in [0.5, 0.6) is 11.5 Å². The number of ether oxygens (including phenoxy) is 2. The second-order valence-corrected chi connectivity index (χ2v) is 9.30. The number of nitrogens with one attached hydrogen (secondary N) is 3. The molecule has 2 aliphatic rings. The average Bonchev–Trinajstić information content (AvgIpc) is 3.53. The fraction of sp³-hybridized carbons (Fsp3) is 0.296. The summed E-state index contributed by atoms with van der Waals surface area (Å²) in [6.45, 7) is 5.16. The largest absolute Gasteiger partial charge is 0.493 e. The van der Waals surface area contributed by atoms with E-state index in [1.165, 1.54) is 6.08 Å². The predicted molar refractivity (Wildman–Crippen MR) is 142 cm³/mol. The van der Waals surface area contributed by atoms with Crippen LogP contribution in [0.3, 0.4) is 0 Å². The first-order valence-electron chi connectivity index (χ1n) is 12.1. The van der Waals surface area contributed by atoms with Crippen molar-refractivity contribution in [2.75, 3.05) is 32.1 Å². The van der Waals surface area contributed by atoms with Crippen LogP contribution in [0.2, 0.25) is 5.02 Å². The number of anilines is 2. The number of aromatic nitrogens is 2. The number of rotatable bonds is 8. The Morgan fingerprint density at radius 2 is 2.24 bits per heavy atom. The fourth-order valence-electron chi connectivity index (χ4n) is 4.96. The second kappa shape index (κ2) is 10.6. The van der Waals surface area contributed by atoms with Gasteiger partial charge in [-0.15, -0.1) is 0 Å². The van der Waals surface area contributed by atoms with E-state index < -0.39 is 0 Å². The van der Waals surface area contributed by atoms with E-state index in [0.29, 0.717) is 65.3 Å². The minimum Gasteiger partial charge on any atom is -0.493 e. The maximum atomic E-state index is 13.0. The third-order valence-corrected chi connectivity index (χ3v) is 7.01. The number of aromatic amines is 1. The highest BCUT2D eigenvalue weighted by molar-refractivity contribution is 6.32. The Morgan fingerprint density at radius 3 is 3.05 bits per heavy atom. The zero-order valence-corrected chi connectivity index (χ0v) is 21.2. The molecule has 0 spiro atoms. The maximum absolute atomic E-state index is 13.0. The normalized spacial score (nSPS) is 16.6. The van der Waals surface area contributed by atoms with E-state index in [0.717, 1.165) is 24.1 Å². The van der Waals surface area contributed by atoms with Crippen LogP contribution in [0.1, 0.15) is 28.9 Å². The van der Waals surface area contributed by atoms with Crippen molar-refractivity contribution < 1.29 is 19.1 Å². The van der Waals surface area contributed by atoms with Gasteiger partial charge in [-0.25, -0.2) is 0 Å². The van der Waals surface area contributed by atoms with Crippen LogP contribution in [0.15, 0.2) is 49.3 Å². The first kappa shape index (κ1) is 24.7. The Bertz CT molecular complexity index is 1350. The van der Waals surface area contributed by atoms with Crippen LogP contribution in [0.4, 0.5) is 11.4 Å². The number of carbonyl (C=O) groups is 2. The van der Waals surface area contributed by atoms with Gasteiger partial charge in [0.1, 0.15) is 12.4 Å². The molecule has 4 heterocycles. The molecular weight excluding hydrogens is 494 g/mol. The number of likely N-dealkylation sites (tertiary alicyclic amines) is 1. The zero-order chi connectivity index (χ0) is 25.9. The zero-order valence-electron chi connectivity index (χ0n) is 20.5. The third-order valence-electron chi connectivity index (χ3n) is 6.72. The molecule has 0 aliphatic carbocycles. The summed E-state index contributed by atoms with van der Waals surface area (Å²) < 4.78 is 11.8. The molecule has 0 unspecified atom stereocenters. The summed E-state index contributed by atoms with van der Waals surface area (Å²) in [4.78, 5) is 34.7. The molecular formula is C27H28ClN5O4. The molecule has 10 heteroatoms. The molecule has 1 fully saturated rings. The Labute approximate surface area is 219 Å². The van der Waals surface area contributed by atoms with Gasteiger partial charge in [0, 0.05) is 37.0 Å². The predicted octanol–water partition coefficient (Wildman–Crippen LogP) is 4.32. The summed E-state index contributed by atoms with van der Waals surface area (Å²) in [5.74, 6) is 0.747. The van der Waals surface area contributed by atoms with E-state index in [4.69, 9.17) is 21.1 Å². The number of methoxy groups -OCH3 is 1. The highest BCUT2D eigenvalue weighted by atomic mass is 35.5. The van der Waals surface area contributed by atoms with E-state index in [9.17, 15) is 9.59 Å². The molecule has 3 aromatic rings. The lowest BCUT2D eigenvalue weighted by Crippen LogP contribution is -2.38. The van der Waals surface area contributed by atoms with Gasteiger partial charge in [-0.2, -0.15) is 0 Å². The van der Waals surface area contributed by atoms with Crippen LogP contribution in [-0.2, 0) is 11.2 Å². The van der Waals surface area contributed by atoms with E-state index in [1.54, 1.807) is 30.5 Å². The summed E-state index contributed by atoms with van der Waals surface area (Å²) in [5.41, 5.74) is 3.99. The molecule has 1 saturated heterocycles. The molecule has 5 rings (SSSR count). The van der Waals surface area contributed by atoms with Crippen molar-refractivity contribution in [3.63, 3.8) is 0 Å². The maximum Gasteiger partial charge on any atom is 0.255 e. The number of H-pyrrole nitrogens is 1. The lowest BCUT2D eigenvalue weighted by molar-refractivity contribution is -0.127. The molecule has 2 aliphatic heterocycles. The van der Waals surface area contributed by atoms with Crippen molar-refractivity contribution >= 4 is 34.8 Å². The first-order valence-corrected chi connectivity index (χ1v) is 12.5. The molecule has 3 N–H and O–H groups in total. The summed E-state index contributed by atoms with van der Waals surface area (Å²) in [7, 11) is 1.55. The Hall–Kier alpha value is -3.98. The van der Waals surface area contributed by atoms with E-state index in [-0.39, 0.29) is 17.9 Å². The SMILES string of the molecule is C=CC(=O)N1CCC[C@H]1COc1cnccc1-c1[nH]c2c(c1Nc1cccc(Cl)c1OC)C(=O)NCC2. The standard InChI is InChI=1S/C27H28ClN5O4/c1-3-22(34)33-13-5-6-16(33)15-37-21-14-29-11-9-17(21)24-25(23-19(31-24)10-12-30-27(23)35)32-20-8-4-7-18(28)26(20)36-2/h3-4,7-9,11,14,16,31-32H,1,5-6,10,12-13,15H2,2H3,(H,30,35)/t16-/m0/s1. The molecule has 9 nitrogen and oxygen atoms in total.